The number of aryl methyl sites for hydroxylation is 2. The van der Waals surface area contributed by atoms with E-state index in [2.05, 4.69) is 21.0 Å². The summed E-state index contributed by atoms with van der Waals surface area (Å²) < 4.78 is 2.78. The Morgan fingerprint density at radius 1 is 1.47 bits per heavy atom. The molecule has 2 aromatic rings. The standard InChI is InChI=1S/C13H15BrN2O/c1-9-5-11(14)3-4-12(9)13(17)6-10-7-15-16(2)8-10/h3-5,7-8,13,17H,6H2,1-2H3. The molecule has 0 radical (unpaired) electrons. The number of aromatic nitrogens is 2. The molecule has 0 saturated heterocycles. The largest absolute Gasteiger partial charge is 0.388 e. The van der Waals surface area contributed by atoms with Gasteiger partial charge in [-0.15, -0.1) is 0 Å². The van der Waals surface area contributed by atoms with E-state index in [1.807, 2.05) is 38.4 Å². The number of hydrogen-bond acceptors (Lipinski definition) is 2. The van der Waals surface area contributed by atoms with E-state index in [-0.39, 0.29) is 0 Å². The molecule has 1 heterocycles. The molecule has 1 unspecified atom stereocenters. The lowest BCUT2D eigenvalue weighted by Gasteiger charge is -2.13. The summed E-state index contributed by atoms with van der Waals surface area (Å²) in [5, 5.41) is 14.3. The number of aliphatic hydroxyl groups is 1. The Kier molecular flexibility index (Phi) is 3.64. The summed E-state index contributed by atoms with van der Waals surface area (Å²) in [4.78, 5) is 0. The zero-order valence-corrected chi connectivity index (χ0v) is 11.5. The molecule has 4 heteroatoms. The third kappa shape index (κ3) is 2.96. The molecule has 1 aromatic carbocycles. The van der Waals surface area contributed by atoms with Crippen LogP contribution >= 0.6 is 15.9 Å². The van der Waals surface area contributed by atoms with Gasteiger partial charge in [-0.1, -0.05) is 22.0 Å². The van der Waals surface area contributed by atoms with Gasteiger partial charge in [0.25, 0.3) is 0 Å². The minimum Gasteiger partial charge on any atom is -0.388 e. The lowest BCUT2D eigenvalue weighted by Crippen LogP contribution is -2.03. The normalized spacial score (nSPS) is 12.7. The molecule has 0 saturated carbocycles. The van der Waals surface area contributed by atoms with E-state index in [4.69, 9.17) is 0 Å². The van der Waals surface area contributed by atoms with Crippen molar-refractivity contribution in [3.8, 4) is 0 Å². The highest BCUT2D eigenvalue weighted by molar-refractivity contribution is 9.10. The molecular formula is C13H15BrN2O. The molecule has 0 amide bonds. The summed E-state index contributed by atoms with van der Waals surface area (Å²) in [6.07, 6.45) is 3.83. The molecule has 0 spiro atoms. The van der Waals surface area contributed by atoms with Gasteiger partial charge in [-0.3, -0.25) is 4.68 Å². The highest BCUT2D eigenvalue weighted by atomic mass is 79.9. The Morgan fingerprint density at radius 3 is 2.82 bits per heavy atom. The SMILES string of the molecule is Cc1cc(Br)ccc1C(O)Cc1cnn(C)c1. The summed E-state index contributed by atoms with van der Waals surface area (Å²) >= 11 is 3.42. The van der Waals surface area contributed by atoms with Gasteiger partial charge in [0.15, 0.2) is 0 Å². The van der Waals surface area contributed by atoms with Crippen molar-refractivity contribution in [2.24, 2.45) is 7.05 Å². The predicted molar refractivity (Wildman–Crippen MR) is 70.8 cm³/mol. The average molecular weight is 295 g/mol. The summed E-state index contributed by atoms with van der Waals surface area (Å²) in [6.45, 7) is 2.01. The fourth-order valence-electron chi connectivity index (χ4n) is 1.92. The van der Waals surface area contributed by atoms with Crippen molar-refractivity contribution in [2.45, 2.75) is 19.4 Å². The number of benzene rings is 1. The summed E-state index contributed by atoms with van der Waals surface area (Å²) in [7, 11) is 1.88. The van der Waals surface area contributed by atoms with Crippen molar-refractivity contribution < 1.29 is 5.11 Å². The summed E-state index contributed by atoms with van der Waals surface area (Å²) in [5.41, 5.74) is 3.11. The topological polar surface area (TPSA) is 38.1 Å². The van der Waals surface area contributed by atoms with Crippen molar-refractivity contribution in [3.05, 3.63) is 51.8 Å². The van der Waals surface area contributed by atoms with Gasteiger partial charge in [-0.25, -0.2) is 0 Å². The first-order valence-corrected chi connectivity index (χ1v) is 6.27. The van der Waals surface area contributed by atoms with E-state index < -0.39 is 6.10 Å². The molecule has 90 valence electrons. The first-order valence-electron chi connectivity index (χ1n) is 5.48. The van der Waals surface area contributed by atoms with E-state index in [0.29, 0.717) is 6.42 Å². The zero-order valence-electron chi connectivity index (χ0n) is 9.89. The molecule has 0 bridgehead atoms. The first kappa shape index (κ1) is 12.3. The van der Waals surface area contributed by atoms with E-state index in [1.54, 1.807) is 10.9 Å². The highest BCUT2D eigenvalue weighted by Gasteiger charge is 2.12. The molecule has 1 aromatic heterocycles. The zero-order chi connectivity index (χ0) is 12.4. The van der Waals surface area contributed by atoms with Gasteiger partial charge in [-0.05, 0) is 35.7 Å². The number of halogens is 1. The van der Waals surface area contributed by atoms with Crippen LogP contribution in [0.2, 0.25) is 0 Å². The Labute approximate surface area is 109 Å². The Bertz CT molecular complexity index is 522. The minimum absolute atomic E-state index is 0.479. The highest BCUT2D eigenvalue weighted by Crippen LogP contribution is 2.24. The Morgan fingerprint density at radius 2 is 2.24 bits per heavy atom. The smallest absolute Gasteiger partial charge is 0.0834 e. The van der Waals surface area contributed by atoms with Gasteiger partial charge < -0.3 is 5.11 Å². The average Bonchev–Trinajstić information content (AvgIpc) is 2.63. The second-order valence-corrected chi connectivity index (χ2v) is 5.16. The van der Waals surface area contributed by atoms with Crippen LogP contribution in [-0.4, -0.2) is 14.9 Å². The maximum absolute atomic E-state index is 10.2. The molecule has 2 rings (SSSR count). The van der Waals surface area contributed by atoms with E-state index in [9.17, 15) is 5.11 Å². The minimum atomic E-state index is -0.479. The molecular weight excluding hydrogens is 280 g/mol. The number of rotatable bonds is 3. The van der Waals surface area contributed by atoms with Gasteiger partial charge >= 0.3 is 0 Å². The fraction of sp³-hybridized carbons (Fsp3) is 0.308. The second-order valence-electron chi connectivity index (χ2n) is 4.24. The maximum atomic E-state index is 10.2. The van der Waals surface area contributed by atoms with Crippen LogP contribution in [0.1, 0.15) is 22.8 Å². The molecule has 1 N–H and O–H groups in total. The van der Waals surface area contributed by atoms with Crippen molar-refractivity contribution in [1.29, 1.82) is 0 Å². The predicted octanol–water partition coefficient (Wildman–Crippen LogP) is 2.77. The van der Waals surface area contributed by atoms with Crippen LogP contribution in [0.4, 0.5) is 0 Å². The van der Waals surface area contributed by atoms with Gasteiger partial charge in [0.05, 0.1) is 12.3 Å². The van der Waals surface area contributed by atoms with E-state index in [0.717, 1.165) is 21.2 Å². The fourth-order valence-corrected chi connectivity index (χ4v) is 2.40. The van der Waals surface area contributed by atoms with Gasteiger partial charge in [-0.2, -0.15) is 5.10 Å². The molecule has 0 aliphatic rings. The van der Waals surface area contributed by atoms with Crippen LogP contribution in [0.25, 0.3) is 0 Å². The molecule has 0 aliphatic carbocycles. The van der Waals surface area contributed by atoms with Crippen LogP contribution in [0.5, 0.6) is 0 Å². The molecule has 0 fully saturated rings. The van der Waals surface area contributed by atoms with Crippen molar-refractivity contribution in [1.82, 2.24) is 9.78 Å². The quantitative estimate of drug-likeness (QED) is 0.945. The van der Waals surface area contributed by atoms with Crippen LogP contribution < -0.4 is 0 Å². The van der Waals surface area contributed by atoms with Crippen molar-refractivity contribution in [3.63, 3.8) is 0 Å². The van der Waals surface area contributed by atoms with Gasteiger partial charge in [0, 0.05) is 24.1 Å². The summed E-state index contributed by atoms with van der Waals surface area (Å²) in [6, 6.07) is 5.93. The number of hydrogen-bond donors (Lipinski definition) is 1. The molecule has 17 heavy (non-hydrogen) atoms. The maximum Gasteiger partial charge on any atom is 0.0834 e. The van der Waals surface area contributed by atoms with E-state index >= 15 is 0 Å². The Hall–Kier alpha value is -1.13. The number of aliphatic hydroxyl groups excluding tert-OH is 1. The monoisotopic (exact) mass is 294 g/mol. The number of nitrogens with zero attached hydrogens (tertiary/aromatic N) is 2. The lowest BCUT2D eigenvalue weighted by molar-refractivity contribution is 0.177. The van der Waals surface area contributed by atoms with Crippen molar-refractivity contribution >= 4 is 15.9 Å². The van der Waals surface area contributed by atoms with Crippen LogP contribution in [0.15, 0.2) is 35.1 Å². The first-order chi connectivity index (χ1) is 8.06. The lowest BCUT2D eigenvalue weighted by atomic mass is 9.99. The Balaban J connectivity index is 2.17. The molecule has 3 nitrogen and oxygen atoms in total. The van der Waals surface area contributed by atoms with Crippen LogP contribution in [0.3, 0.4) is 0 Å². The van der Waals surface area contributed by atoms with Gasteiger partial charge in [0.2, 0.25) is 0 Å². The second kappa shape index (κ2) is 5.02. The molecule has 1 atom stereocenters. The van der Waals surface area contributed by atoms with Crippen LogP contribution in [0, 0.1) is 6.92 Å². The van der Waals surface area contributed by atoms with Gasteiger partial charge in [0.1, 0.15) is 0 Å². The third-order valence-electron chi connectivity index (χ3n) is 2.78. The van der Waals surface area contributed by atoms with E-state index in [1.165, 1.54) is 0 Å². The summed E-state index contributed by atoms with van der Waals surface area (Å²) in [5.74, 6) is 0. The third-order valence-corrected chi connectivity index (χ3v) is 3.27. The molecule has 0 aliphatic heterocycles. The van der Waals surface area contributed by atoms with Crippen LogP contribution in [-0.2, 0) is 13.5 Å². The van der Waals surface area contributed by atoms with Crippen molar-refractivity contribution in [2.75, 3.05) is 0 Å².